The fourth-order valence-corrected chi connectivity index (χ4v) is 1.41. The second-order valence-electron chi connectivity index (χ2n) is 3.93. The SMILES string of the molecule is CCNC(=NCc1ccccn1)NCCNC(C)=O. The maximum atomic E-state index is 10.7. The molecule has 0 atom stereocenters. The van der Waals surface area contributed by atoms with Crippen LogP contribution in [0.25, 0.3) is 0 Å². The number of guanidine groups is 1. The molecular formula is C13H21N5O. The molecular weight excluding hydrogens is 242 g/mol. The Kier molecular flexibility index (Phi) is 7.01. The Morgan fingerprint density at radius 3 is 2.68 bits per heavy atom. The first kappa shape index (κ1) is 14.9. The molecule has 3 N–H and O–H groups in total. The van der Waals surface area contributed by atoms with Crippen LogP contribution >= 0.6 is 0 Å². The number of carbonyl (C=O) groups excluding carboxylic acids is 1. The molecule has 0 aliphatic carbocycles. The molecule has 6 nitrogen and oxygen atoms in total. The summed E-state index contributed by atoms with van der Waals surface area (Å²) in [4.78, 5) is 19.4. The second-order valence-corrected chi connectivity index (χ2v) is 3.93. The number of aliphatic imine (C=N–C) groups is 1. The van der Waals surface area contributed by atoms with Crippen LogP contribution in [-0.2, 0) is 11.3 Å². The largest absolute Gasteiger partial charge is 0.357 e. The lowest BCUT2D eigenvalue weighted by Crippen LogP contribution is -2.41. The van der Waals surface area contributed by atoms with E-state index in [4.69, 9.17) is 0 Å². The molecule has 19 heavy (non-hydrogen) atoms. The van der Waals surface area contributed by atoms with Gasteiger partial charge in [0.1, 0.15) is 0 Å². The highest BCUT2D eigenvalue weighted by Gasteiger charge is 1.97. The highest BCUT2D eigenvalue weighted by Crippen LogP contribution is 1.94. The Hall–Kier alpha value is -2.11. The summed E-state index contributed by atoms with van der Waals surface area (Å²) in [5.41, 5.74) is 0.918. The normalized spacial score (nSPS) is 10.9. The highest BCUT2D eigenvalue weighted by molar-refractivity contribution is 5.79. The molecule has 1 heterocycles. The van der Waals surface area contributed by atoms with E-state index in [9.17, 15) is 4.79 Å². The molecule has 1 aromatic heterocycles. The number of rotatable bonds is 6. The van der Waals surface area contributed by atoms with Crippen LogP contribution in [0, 0.1) is 0 Å². The Morgan fingerprint density at radius 1 is 1.26 bits per heavy atom. The summed E-state index contributed by atoms with van der Waals surface area (Å²) < 4.78 is 0. The number of pyridine rings is 1. The van der Waals surface area contributed by atoms with Crippen LogP contribution in [0.3, 0.4) is 0 Å². The zero-order chi connectivity index (χ0) is 13.9. The Labute approximate surface area is 113 Å². The lowest BCUT2D eigenvalue weighted by molar-refractivity contribution is -0.118. The van der Waals surface area contributed by atoms with Gasteiger partial charge in [-0.2, -0.15) is 0 Å². The van der Waals surface area contributed by atoms with Gasteiger partial charge in [0.25, 0.3) is 0 Å². The van der Waals surface area contributed by atoms with Crippen molar-refractivity contribution in [3.05, 3.63) is 30.1 Å². The number of hydrogen-bond acceptors (Lipinski definition) is 3. The minimum Gasteiger partial charge on any atom is -0.357 e. The monoisotopic (exact) mass is 263 g/mol. The van der Waals surface area contributed by atoms with Gasteiger partial charge in [-0.3, -0.25) is 9.78 Å². The van der Waals surface area contributed by atoms with E-state index in [1.165, 1.54) is 6.92 Å². The van der Waals surface area contributed by atoms with Crippen molar-refractivity contribution in [3.63, 3.8) is 0 Å². The summed E-state index contributed by atoms with van der Waals surface area (Å²) in [6.07, 6.45) is 1.75. The lowest BCUT2D eigenvalue weighted by atomic mass is 10.3. The maximum Gasteiger partial charge on any atom is 0.216 e. The Morgan fingerprint density at radius 2 is 2.05 bits per heavy atom. The van der Waals surface area contributed by atoms with Gasteiger partial charge in [0.15, 0.2) is 5.96 Å². The van der Waals surface area contributed by atoms with Crippen molar-refractivity contribution in [1.82, 2.24) is 20.9 Å². The van der Waals surface area contributed by atoms with Crippen LogP contribution in [0.2, 0.25) is 0 Å². The summed E-state index contributed by atoms with van der Waals surface area (Å²) >= 11 is 0. The molecule has 0 fully saturated rings. The third-order valence-electron chi connectivity index (χ3n) is 2.26. The quantitative estimate of drug-likeness (QED) is 0.391. The lowest BCUT2D eigenvalue weighted by Gasteiger charge is -2.11. The van der Waals surface area contributed by atoms with Gasteiger partial charge in [0, 0.05) is 32.8 Å². The van der Waals surface area contributed by atoms with Gasteiger partial charge in [0.05, 0.1) is 12.2 Å². The zero-order valence-electron chi connectivity index (χ0n) is 11.4. The van der Waals surface area contributed by atoms with E-state index in [1.54, 1.807) is 6.20 Å². The van der Waals surface area contributed by atoms with E-state index in [-0.39, 0.29) is 5.91 Å². The van der Waals surface area contributed by atoms with Gasteiger partial charge in [-0.25, -0.2) is 4.99 Å². The van der Waals surface area contributed by atoms with Crippen molar-refractivity contribution in [2.24, 2.45) is 4.99 Å². The summed E-state index contributed by atoms with van der Waals surface area (Å²) in [5.74, 6) is 0.690. The van der Waals surface area contributed by atoms with Crippen molar-refractivity contribution in [1.29, 1.82) is 0 Å². The van der Waals surface area contributed by atoms with Crippen molar-refractivity contribution < 1.29 is 4.79 Å². The number of carbonyl (C=O) groups is 1. The van der Waals surface area contributed by atoms with Gasteiger partial charge in [0.2, 0.25) is 5.91 Å². The molecule has 0 unspecified atom stereocenters. The summed E-state index contributed by atoms with van der Waals surface area (Å²) in [5, 5.41) is 9.00. The van der Waals surface area contributed by atoms with Crippen LogP contribution in [-0.4, -0.2) is 36.5 Å². The van der Waals surface area contributed by atoms with E-state index < -0.39 is 0 Å². The summed E-state index contributed by atoms with van der Waals surface area (Å²) in [6, 6.07) is 5.75. The van der Waals surface area contributed by atoms with Gasteiger partial charge in [-0.1, -0.05) is 6.07 Å². The van der Waals surface area contributed by atoms with Crippen molar-refractivity contribution in [3.8, 4) is 0 Å². The molecule has 0 bridgehead atoms. The molecule has 0 radical (unpaired) electrons. The standard InChI is InChI=1S/C13H21N5O/c1-3-14-13(17-9-8-15-11(2)19)18-10-12-6-4-5-7-16-12/h4-7H,3,8-10H2,1-2H3,(H,15,19)(H2,14,17,18). The van der Waals surface area contributed by atoms with Crippen LogP contribution in [0.15, 0.2) is 29.4 Å². The Bertz CT molecular complexity index is 405. The van der Waals surface area contributed by atoms with E-state index in [0.29, 0.717) is 19.6 Å². The molecule has 0 aliphatic heterocycles. The Balaban J connectivity index is 2.40. The zero-order valence-corrected chi connectivity index (χ0v) is 11.4. The number of aromatic nitrogens is 1. The summed E-state index contributed by atoms with van der Waals surface area (Å²) in [7, 11) is 0. The third kappa shape index (κ3) is 7.03. The fraction of sp³-hybridized carbons (Fsp3) is 0.462. The minimum atomic E-state index is -0.0303. The predicted octanol–water partition coefficient (Wildman–Crippen LogP) is 0.273. The van der Waals surface area contributed by atoms with Crippen LogP contribution in [0.5, 0.6) is 0 Å². The van der Waals surface area contributed by atoms with Crippen molar-refractivity contribution >= 4 is 11.9 Å². The average molecular weight is 263 g/mol. The molecule has 104 valence electrons. The fourth-order valence-electron chi connectivity index (χ4n) is 1.41. The number of nitrogens with zero attached hydrogens (tertiary/aromatic N) is 2. The van der Waals surface area contributed by atoms with Gasteiger partial charge >= 0.3 is 0 Å². The smallest absolute Gasteiger partial charge is 0.216 e. The van der Waals surface area contributed by atoms with Crippen molar-refractivity contribution in [2.45, 2.75) is 20.4 Å². The van der Waals surface area contributed by atoms with Gasteiger partial charge < -0.3 is 16.0 Å². The molecule has 0 saturated carbocycles. The van der Waals surface area contributed by atoms with Gasteiger partial charge in [-0.15, -0.1) is 0 Å². The van der Waals surface area contributed by atoms with E-state index >= 15 is 0 Å². The van der Waals surface area contributed by atoms with E-state index in [1.807, 2.05) is 25.1 Å². The third-order valence-corrected chi connectivity index (χ3v) is 2.26. The molecule has 1 rings (SSSR count). The second kappa shape index (κ2) is 8.91. The highest BCUT2D eigenvalue weighted by atomic mass is 16.1. The van der Waals surface area contributed by atoms with Gasteiger partial charge in [-0.05, 0) is 19.1 Å². The number of hydrogen-bond donors (Lipinski definition) is 3. The molecule has 0 spiro atoms. The molecule has 1 aromatic rings. The molecule has 6 heteroatoms. The van der Waals surface area contributed by atoms with E-state index in [2.05, 4.69) is 25.9 Å². The van der Waals surface area contributed by atoms with Crippen LogP contribution in [0.1, 0.15) is 19.5 Å². The number of nitrogens with one attached hydrogen (secondary N) is 3. The minimum absolute atomic E-state index is 0.0303. The molecule has 0 saturated heterocycles. The first-order chi connectivity index (χ1) is 9.22. The van der Waals surface area contributed by atoms with Crippen LogP contribution in [0.4, 0.5) is 0 Å². The molecule has 1 amide bonds. The summed E-state index contributed by atoms with van der Waals surface area (Å²) in [6.45, 7) is 6.02. The van der Waals surface area contributed by atoms with Crippen LogP contribution < -0.4 is 16.0 Å². The predicted molar refractivity (Wildman–Crippen MR) is 75.7 cm³/mol. The average Bonchev–Trinajstić information content (AvgIpc) is 2.41. The maximum absolute atomic E-state index is 10.7. The number of amides is 1. The molecule has 0 aromatic carbocycles. The van der Waals surface area contributed by atoms with E-state index in [0.717, 1.165) is 18.2 Å². The topological polar surface area (TPSA) is 78.4 Å². The van der Waals surface area contributed by atoms with Crippen molar-refractivity contribution in [2.75, 3.05) is 19.6 Å². The first-order valence-electron chi connectivity index (χ1n) is 6.39. The molecule has 0 aliphatic rings. The first-order valence-corrected chi connectivity index (χ1v) is 6.39.